The Morgan fingerprint density at radius 1 is 1.45 bits per heavy atom. The number of benzene rings is 1. The first-order chi connectivity index (χ1) is 9.63. The molecule has 1 aliphatic rings. The van der Waals surface area contributed by atoms with E-state index in [1.807, 2.05) is 19.2 Å². The van der Waals surface area contributed by atoms with Crippen LogP contribution >= 0.6 is 0 Å². The van der Waals surface area contributed by atoms with Gasteiger partial charge in [-0.3, -0.25) is 0 Å². The van der Waals surface area contributed by atoms with Crippen LogP contribution in [0.4, 0.5) is 5.69 Å². The smallest absolute Gasteiger partial charge is 0.101 e. The molecule has 1 aromatic carbocycles. The molecule has 1 fully saturated rings. The third kappa shape index (κ3) is 3.50. The average Bonchev–Trinajstić information content (AvgIpc) is 2.43. The minimum absolute atomic E-state index is 0.119. The van der Waals surface area contributed by atoms with Crippen molar-refractivity contribution in [3.8, 4) is 6.07 Å². The van der Waals surface area contributed by atoms with Gasteiger partial charge in [0.25, 0.3) is 0 Å². The van der Waals surface area contributed by atoms with E-state index < -0.39 is 0 Å². The molecule has 0 aliphatic heterocycles. The van der Waals surface area contributed by atoms with E-state index in [9.17, 15) is 10.4 Å². The number of nitrogens with one attached hydrogen (secondary N) is 1. The molecule has 2 rings (SSSR count). The van der Waals surface area contributed by atoms with E-state index in [2.05, 4.69) is 29.3 Å². The molecule has 0 aromatic heterocycles. The van der Waals surface area contributed by atoms with E-state index in [1.54, 1.807) is 0 Å². The zero-order valence-corrected chi connectivity index (χ0v) is 12.3. The zero-order valence-electron chi connectivity index (χ0n) is 12.3. The summed E-state index contributed by atoms with van der Waals surface area (Å²) in [6.07, 6.45) is 1.64. The number of hydrogen-bond acceptors (Lipinski definition) is 4. The third-order valence-electron chi connectivity index (χ3n) is 3.91. The van der Waals surface area contributed by atoms with Crippen LogP contribution in [-0.2, 0) is 6.54 Å². The second-order valence-corrected chi connectivity index (χ2v) is 5.62. The summed E-state index contributed by atoms with van der Waals surface area (Å²) in [6, 6.07) is 8.36. The Balaban J connectivity index is 2.04. The van der Waals surface area contributed by atoms with Crippen molar-refractivity contribution in [3.63, 3.8) is 0 Å². The van der Waals surface area contributed by atoms with Crippen molar-refractivity contribution >= 4 is 5.69 Å². The Morgan fingerprint density at radius 2 is 2.20 bits per heavy atom. The highest BCUT2D eigenvalue weighted by molar-refractivity contribution is 5.60. The Kier molecular flexibility index (Phi) is 4.99. The van der Waals surface area contributed by atoms with Gasteiger partial charge in [-0.1, -0.05) is 13.0 Å². The van der Waals surface area contributed by atoms with Crippen LogP contribution in [0.15, 0.2) is 18.2 Å². The van der Waals surface area contributed by atoms with Crippen molar-refractivity contribution in [1.29, 1.82) is 5.26 Å². The Bertz CT molecular complexity index is 489. The van der Waals surface area contributed by atoms with Gasteiger partial charge < -0.3 is 15.3 Å². The first-order valence-corrected chi connectivity index (χ1v) is 7.27. The van der Waals surface area contributed by atoms with E-state index in [4.69, 9.17) is 0 Å². The number of nitrogens with zero attached hydrogens (tertiary/aromatic N) is 2. The second-order valence-electron chi connectivity index (χ2n) is 5.62. The molecule has 0 heterocycles. The van der Waals surface area contributed by atoms with Gasteiger partial charge in [-0.25, -0.2) is 0 Å². The van der Waals surface area contributed by atoms with Crippen molar-refractivity contribution in [3.05, 3.63) is 29.3 Å². The summed E-state index contributed by atoms with van der Waals surface area (Å²) in [5, 5.41) is 21.9. The largest absolute Gasteiger partial charge is 0.393 e. The van der Waals surface area contributed by atoms with Crippen LogP contribution in [0.25, 0.3) is 0 Å². The molecule has 2 N–H and O–H groups in total. The molecule has 0 saturated heterocycles. The molecular weight excluding hydrogens is 250 g/mol. The fourth-order valence-corrected chi connectivity index (χ4v) is 2.72. The van der Waals surface area contributed by atoms with E-state index >= 15 is 0 Å². The summed E-state index contributed by atoms with van der Waals surface area (Å²) < 4.78 is 0. The van der Waals surface area contributed by atoms with Crippen LogP contribution in [0.5, 0.6) is 0 Å². The van der Waals surface area contributed by atoms with Crippen LogP contribution in [0.3, 0.4) is 0 Å². The van der Waals surface area contributed by atoms with Gasteiger partial charge in [-0.05, 0) is 43.0 Å². The van der Waals surface area contributed by atoms with Crippen LogP contribution in [-0.4, -0.2) is 31.3 Å². The lowest BCUT2D eigenvalue weighted by atomic mass is 9.82. The highest BCUT2D eigenvalue weighted by Gasteiger charge is 2.28. The summed E-state index contributed by atoms with van der Waals surface area (Å²) >= 11 is 0. The van der Waals surface area contributed by atoms with Crippen molar-refractivity contribution < 1.29 is 5.11 Å². The summed E-state index contributed by atoms with van der Waals surface area (Å²) in [6.45, 7) is 4.69. The maximum atomic E-state index is 9.34. The summed E-state index contributed by atoms with van der Waals surface area (Å²) in [4.78, 5) is 2.13. The molecule has 20 heavy (non-hydrogen) atoms. The van der Waals surface area contributed by atoms with Gasteiger partial charge in [0.2, 0.25) is 0 Å². The fraction of sp³-hybridized carbons (Fsp3) is 0.562. The molecule has 0 amide bonds. The van der Waals surface area contributed by atoms with Crippen LogP contribution < -0.4 is 10.2 Å². The molecule has 0 bridgehead atoms. The average molecular weight is 273 g/mol. The molecule has 0 spiro atoms. The van der Waals surface area contributed by atoms with Crippen molar-refractivity contribution in [1.82, 2.24) is 5.32 Å². The second kappa shape index (κ2) is 6.74. The molecule has 4 nitrogen and oxygen atoms in total. The standard InChI is InChI=1S/C16H23N3O/c1-3-18-10-12-4-5-16(14(6-12)9-17)19(2)11-13-7-15(20)8-13/h4-6,13,15,18,20H,3,7-8,10-11H2,1-2H3. The summed E-state index contributed by atoms with van der Waals surface area (Å²) in [5.41, 5.74) is 2.84. The quantitative estimate of drug-likeness (QED) is 0.831. The molecule has 108 valence electrons. The van der Waals surface area contributed by atoms with Gasteiger partial charge in [0, 0.05) is 20.1 Å². The van der Waals surface area contributed by atoms with E-state index in [1.165, 1.54) is 0 Å². The predicted molar refractivity (Wildman–Crippen MR) is 80.5 cm³/mol. The Hall–Kier alpha value is -1.57. The molecule has 0 radical (unpaired) electrons. The zero-order chi connectivity index (χ0) is 14.5. The first kappa shape index (κ1) is 14.8. The highest BCUT2D eigenvalue weighted by Crippen LogP contribution is 2.30. The molecule has 4 heteroatoms. The Labute approximate surface area is 121 Å². The summed E-state index contributed by atoms with van der Waals surface area (Å²) in [5.74, 6) is 0.544. The normalized spacial score (nSPS) is 21.1. The number of aliphatic hydroxyl groups excluding tert-OH is 1. The molecule has 0 unspecified atom stereocenters. The lowest BCUT2D eigenvalue weighted by molar-refractivity contribution is 0.0465. The number of rotatable bonds is 6. The van der Waals surface area contributed by atoms with Gasteiger partial charge in [0.1, 0.15) is 6.07 Å². The minimum atomic E-state index is -0.119. The number of hydrogen-bond donors (Lipinski definition) is 2. The van der Waals surface area contributed by atoms with Gasteiger partial charge >= 0.3 is 0 Å². The van der Waals surface area contributed by atoms with Crippen LogP contribution in [0, 0.1) is 17.2 Å². The molecule has 1 aliphatic carbocycles. The number of nitriles is 1. The number of anilines is 1. The van der Waals surface area contributed by atoms with Gasteiger partial charge in [0.05, 0.1) is 17.4 Å². The minimum Gasteiger partial charge on any atom is -0.393 e. The maximum Gasteiger partial charge on any atom is 0.101 e. The molecular formula is C16H23N3O. The lowest BCUT2D eigenvalue weighted by Gasteiger charge is -2.35. The van der Waals surface area contributed by atoms with Gasteiger partial charge in [0.15, 0.2) is 0 Å². The SMILES string of the molecule is CCNCc1ccc(N(C)CC2CC(O)C2)c(C#N)c1. The first-order valence-electron chi connectivity index (χ1n) is 7.27. The molecule has 1 aromatic rings. The Morgan fingerprint density at radius 3 is 2.80 bits per heavy atom. The van der Waals surface area contributed by atoms with Crippen molar-refractivity contribution in [2.45, 2.75) is 32.4 Å². The van der Waals surface area contributed by atoms with Crippen LogP contribution in [0.2, 0.25) is 0 Å². The molecule has 1 saturated carbocycles. The van der Waals surface area contributed by atoms with E-state index in [-0.39, 0.29) is 6.10 Å². The van der Waals surface area contributed by atoms with Crippen molar-refractivity contribution in [2.75, 3.05) is 25.0 Å². The van der Waals surface area contributed by atoms with Gasteiger partial charge in [-0.15, -0.1) is 0 Å². The maximum absolute atomic E-state index is 9.34. The van der Waals surface area contributed by atoms with E-state index in [0.717, 1.165) is 49.3 Å². The number of aliphatic hydroxyl groups is 1. The topological polar surface area (TPSA) is 59.3 Å². The summed E-state index contributed by atoms with van der Waals surface area (Å²) in [7, 11) is 2.02. The highest BCUT2D eigenvalue weighted by atomic mass is 16.3. The molecule has 0 atom stereocenters. The van der Waals surface area contributed by atoms with E-state index in [0.29, 0.717) is 5.92 Å². The van der Waals surface area contributed by atoms with Gasteiger partial charge in [-0.2, -0.15) is 5.26 Å². The predicted octanol–water partition coefficient (Wildman–Crippen LogP) is 1.87. The fourth-order valence-electron chi connectivity index (χ4n) is 2.72. The third-order valence-corrected chi connectivity index (χ3v) is 3.91. The lowest BCUT2D eigenvalue weighted by Crippen LogP contribution is -2.37. The van der Waals surface area contributed by atoms with Crippen LogP contribution in [0.1, 0.15) is 30.9 Å². The van der Waals surface area contributed by atoms with Crippen molar-refractivity contribution in [2.24, 2.45) is 5.92 Å². The monoisotopic (exact) mass is 273 g/mol.